The van der Waals surface area contributed by atoms with Crippen LogP contribution in [0.15, 0.2) is 0 Å². The van der Waals surface area contributed by atoms with E-state index in [1.165, 1.54) is 6.42 Å². The third kappa shape index (κ3) is 1.61. The summed E-state index contributed by atoms with van der Waals surface area (Å²) in [4.78, 5) is 33.9. The Kier molecular flexibility index (Phi) is 2.35. The number of Topliss-reactive ketones (excluding diaryl/α,β-unsaturated/α-hetero) is 2. The molecule has 0 amide bonds. The van der Waals surface area contributed by atoms with Gasteiger partial charge in [-0.1, -0.05) is 0 Å². The lowest BCUT2D eigenvalue weighted by molar-refractivity contribution is -0.157. The molecule has 0 heterocycles. The van der Waals surface area contributed by atoms with E-state index in [1.54, 1.807) is 0 Å². The molecule has 0 atom stereocenters. The van der Waals surface area contributed by atoms with Crippen LogP contribution in [0.1, 0.15) is 32.1 Å². The highest BCUT2D eigenvalue weighted by Crippen LogP contribution is 2.56. The first-order valence-corrected chi connectivity index (χ1v) is 6.37. The second kappa shape index (κ2) is 3.65. The first kappa shape index (κ1) is 10.9. The van der Waals surface area contributed by atoms with Gasteiger partial charge in [0.1, 0.15) is 0 Å². The second-order valence-electron chi connectivity index (χ2n) is 5.96. The average molecular weight is 236 g/mol. The molecule has 0 unspecified atom stereocenters. The Morgan fingerprint density at radius 1 is 0.824 bits per heavy atom. The maximum Gasteiger partial charge on any atom is 0.380 e. The number of hydrogen-bond acceptors (Lipinski definition) is 3. The summed E-state index contributed by atoms with van der Waals surface area (Å²) in [6, 6.07) is 0. The zero-order valence-electron chi connectivity index (χ0n) is 9.59. The van der Waals surface area contributed by atoms with Gasteiger partial charge in [0, 0.05) is 5.92 Å². The quantitative estimate of drug-likeness (QED) is 0.592. The predicted octanol–water partition coefficient (Wildman–Crippen LogP) is 1.28. The smallest absolute Gasteiger partial charge is 0.380 e. The molecule has 17 heavy (non-hydrogen) atoms. The average Bonchev–Trinajstić information content (AvgIpc) is 2.26. The van der Waals surface area contributed by atoms with Gasteiger partial charge < -0.3 is 5.11 Å². The van der Waals surface area contributed by atoms with Gasteiger partial charge in [-0.3, -0.25) is 9.59 Å². The van der Waals surface area contributed by atoms with Crippen molar-refractivity contribution in [3.05, 3.63) is 0 Å². The van der Waals surface area contributed by atoms with E-state index in [9.17, 15) is 14.4 Å². The maximum absolute atomic E-state index is 11.9. The SMILES string of the molecule is O=C(O)C(=O)C(=O)C1C2CC3CC(C2)CC1C3. The van der Waals surface area contributed by atoms with Crippen molar-refractivity contribution in [1.82, 2.24) is 0 Å². The largest absolute Gasteiger partial charge is 0.475 e. The van der Waals surface area contributed by atoms with Crippen molar-refractivity contribution in [2.24, 2.45) is 29.6 Å². The Balaban J connectivity index is 1.82. The van der Waals surface area contributed by atoms with E-state index in [1.807, 2.05) is 0 Å². The van der Waals surface area contributed by atoms with Crippen LogP contribution in [0.4, 0.5) is 0 Å². The molecule has 4 aliphatic rings. The minimum Gasteiger partial charge on any atom is -0.475 e. The van der Waals surface area contributed by atoms with Crippen LogP contribution in [0.25, 0.3) is 0 Å². The molecule has 1 N–H and O–H groups in total. The molecule has 4 bridgehead atoms. The number of rotatable bonds is 3. The molecule has 0 spiro atoms. The van der Waals surface area contributed by atoms with E-state index in [-0.39, 0.29) is 17.8 Å². The number of carboxylic acids is 1. The monoisotopic (exact) mass is 236 g/mol. The summed E-state index contributed by atoms with van der Waals surface area (Å²) in [5.41, 5.74) is 0. The summed E-state index contributed by atoms with van der Waals surface area (Å²) in [6.07, 6.45) is 5.38. The standard InChI is InChI=1S/C13H16O4/c14-11(12(15)13(16)17)10-8-2-6-1-7(4-8)5-9(10)3-6/h6-10H,1-5H2,(H,16,17). The van der Waals surface area contributed by atoms with E-state index in [0.29, 0.717) is 0 Å². The molecule has 4 fully saturated rings. The molecule has 92 valence electrons. The van der Waals surface area contributed by atoms with E-state index < -0.39 is 17.5 Å². The Hall–Kier alpha value is -1.19. The highest BCUT2D eigenvalue weighted by molar-refractivity contribution is 6.62. The number of ketones is 2. The van der Waals surface area contributed by atoms with E-state index in [0.717, 1.165) is 37.5 Å². The third-order valence-electron chi connectivity index (χ3n) is 4.95. The molecule has 4 heteroatoms. The summed E-state index contributed by atoms with van der Waals surface area (Å²) in [5, 5.41) is 8.64. The zero-order chi connectivity index (χ0) is 12.2. The minimum absolute atomic E-state index is 0.280. The molecule has 0 aromatic carbocycles. The van der Waals surface area contributed by atoms with Crippen LogP contribution in [-0.4, -0.2) is 22.6 Å². The molecule has 0 aliphatic heterocycles. The Morgan fingerprint density at radius 2 is 1.29 bits per heavy atom. The minimum atomic E-state index is -1.59. The maximum atomic E-state index is 11.9. The van der Waals surface area contributed by atoms with Crippen LogP contribution in [0.2, 0.25) is 0 Å². The number of carbonyl (C=O) groups excluding carboxylic acids is 2. The molecule has 0 aromatic heterocycles. The molecule has 4 nitrogen and oxygen atoms in total. The van der Waals surface area contributed by atoms with Gasteiger partial charge in [0.2, 0.25) is 5.78 Å². The van der Waals surface area contributed by atoms with Crippen LogP contribution < -0.4 is 0 Å². The third-order valence-corrected chi connectivity index (χ3v) is 4.95. The van der Waals surface area contributed by atoms with Crippen LogP contribution >= 0.6 is 0 Å². The van der Waals surface area contributed by atoms with Crippen molar-refractivity contribution in [2.75, 3.05) is 0 Å². The van der Waals surface area contributed by atoms with Gasteiger partial charge in [-0.15, -0.1) is 0 Å². The lowest BCUT2D eigenvalue weighted by Gasteiger charge is -2.53. The van der Waals surface area contributed by atoms with Crippen molar-refractivity contribution in [3.63, 3.8) is 0 Å². The molecule has 0 aromatic rings. The predicted molar refractivity (Wildman–Crippen MR) is 58.2 cm³/mol. The van der Waals surface area contributed by atoms with Crippen molar-refractivity contribution >= 4 is 17.5 Å². The van der Waals surface area contributed by atoms with Crippen LogP contribution in [0.5, 0.6) is 0 Å². The fourth-order valence-electron chi connectivity index (χ4n) is 4.61. The van der Waals surface area contributed by atoms with Gasteiger partial charge in [0.05, 0.1) is 0 Å². The molecule has 4 rings (SSSR count). The van der Waals surface area contributed by atoms with E-state index >= 15 is 0 Å². The normalized spacial score (nSPS) is 42.5. The molecular formula is C13H16O4. The molecule has 0 saturated heterocycles. The first-order valence-electron chi connectivity index (χ1n) is 6.37. The molecule has 4 aliphatic carbocycles. The Labute approximate surface area is 99.4 Å². The number of hydrogen-bond donors (Lipinski definition) is 1. The van der Waals surface area contributed by atoms with Crippen LogP contribution in [0, 0.1) is 29.6 Å². The highest BCUT2D eigenvalue weighted by atomic mass is 16.4. The molecule has 4 saturated carbocycles. The number of carbonyl (C=O) groups is 3. The fraction of sp³-hybridized carbons (Fsp3) is 0.769. The van der Waals surface area contributed by atoms with E-state index in [4.69, 9.17) is 5.11 Å². The van der Waals surface area contributed by atoms with Gasteiger partial charge in [0.25, 0.3) is 0 Å². The summed E-state index contributed by atoms with van der Waals surface area (Å²) in [6.45, 7) is 0. The molecule has 0 radical (unpaired) electrons. The lowest BCUT2D eigenvalue weighted by Crippen LogP contribution is -2.50. The first-order chi connectivity index (χ1) is 8.06. The Morgan fingerprint density at radius 3 is 1.71 bits per heavy atom. The Bertz CT molecular complexity index is 370. The fourth-order valence-corrected chi connectivity index (χ4v) is 4.61. The van der Waals surface area contributed by atoms with Crippen molar-refractivity contribution in [3.8, 4) is 0 Å². The van der Waals surface area contributed by atoms with E-state index in [2.05, 4.69) is 0 Å². The second-order valence-corrected chi connectivity index (χ2v) is 5.96. The lowest BCUT2D eigenvalue weighted by atomic mass is 9.51. The summed E-state index contributed by atoms with van der Waals surface area (Å²) in [5.74, 6) is -1.71. The summed E-state index contributed by atoms with van der Waals surface area (Å²) >= 11 is 0. The van der Waals surface area contributed by atoms with Crippen molar-refractivity contribution < 1.29 is 19.5 Å². The van der Waals surface area contributed by atoms with Gasteiger partial charge in [-0.2, -0.15) is 0 Å². The highest BCUT2D eigenvalue weighted by Gasteiger charge is 2.52. The zero-order valence-corrected chi connectivity index (χ0v) is 9.59. The summed E-state index contributed by atoms with van der Waals surface area (Å²) in [7, 11) is 0. The van der Waals surface area contributed by atoms with Gasteiger partial charge in [-0.05, 0) is 55.8 Å². The van der Waals surface area contributed by atoms with Crippen molar-refractivity contribution in [1.29, 1.82) is 0 Å². The van der Waals surface area contributed by atoms with Gasteiger partial charge >= 0.3 is 11.8 Å². The van der Waals surface area contributed by atoms with Crippen molar-refractivity contribution in [2.45, 2.75) is 32.1 Å². The number of aliphatic carboxylic acids is 1. The van der Waals surface area contributed by atoms with Gasteiger partial charge in [-0.25, -0.2) is 4.79 Å². The van der Waals surface area contributed by atoms with Crippen LogP contribution in [0.3, 0.4) is 0 Å². The van der Waals surface area contributed by atoms with Gasteiger partial charge in [0.15, 0.2) is 0 Å². The topological polar surface area (TPSA) is 71.4 Å². The molecular weight excluding hydrogens is 220 g/mol. The summed E-state index contributed by atoms with van der Waals surface area (Å²) < 4.78 is 0. The van der Waals surface area contributed by atoms with Crippen LogP contribution in [-0.2, 0) is 14.4 Å². The number of carboxylic acid groups (broad SMARTS) is 1.